The van der Waals surface area contributed by atoms with Crippen molar-refractivity contribution in [2.45, 2.75) is 56.8 Å². The lowest BCUT2D eigenvalue weighted by Crippen LogP contribution is -3.15. The van der Waals surface area contributed by atoms with Crippen LogP contribution >= 0.6 is 0 Å². The number of ether oxygens (including phenoxy) is 3. The SMILES string of the molecule is C[C@@H]1CC[C@H]2[C@H](C[NH+]3CCOCC3)C(=O)O[C@]23[C@H]1CC[C@@]1(C)O[C@@H]31. The lowest BCUT2D eigenvalue weighted by Gasteiger charge is -2.50. The van der Waals surface area contributed by atoms with Crippen molar-refractivity contribution >= 4 is 5.97 Å². The van der Waals surface area contributed by atoms with Crippen LogP contribution in [0, 0.1) is 23.7 Å². The van der Waals surface area contributed by atoms with Gasteiger partial charge in [-0.2, -0.15) is 0 Å². The number of rotatable bonds is 2. The minimum absolute atomic E-state index is 0.0349. The van der Waals surface area contributed by atoms with Gasteiger partial charge in [0.2, 0.25) is 0 Å². The summed E-state index contributed by atoms with van der Waals surface area (Å²) in [5.74, 6) is 1.59. The molecular weight excluding hydrogens is 306 g/mol. The zero-order valence-electron chi connectivity index (χ0n) is 14.9. The average Bonchev–Trinajstić information content (AvgIpc) is 3.20. The smallest absolute Gasteiger partial charge is 0.315 e. The van der Waals surface area contributed by atoms with Gasteiger partial charge in [-0.1, -0.05) is 6.92 Å². The molecule has 0 bridgehead atoms. The lowest BCUT2D eigenvalue weighted by molar-refractivity contribution is -0.910. The standard InChI is InChI=1S/C19H29NO4/c1-12-3-4-15-13(11-20-7-9-22-10-8-20)16(21)23-19(15)14(12)5-6-18(2)17(19)24-18/h12-15,17H,3-11H2,1-2H3/p+1/t12-,13+,14+,15+,17-,18-,19-/m1/s1. The van der Waals surface area contributed by atoms with E-state index in [1.54, 1.807) is 0 Å². The first-order chi connectivity index (χ1) is 11.5. The summed E-state index contributed by atoms with van der Waals surface area (Å²) in [4.78, 5) is 14.4. The van der Waals surface area contributed by atoms with Crippen molar-refractivity contribution in [1.29, 1.82) is 0 Å². The largest absolute Gasteiger partial charge is 0.455 e. The summed E-state index contributed by atoms with van der Waals surface area (Å²) in [5, 5.41) is 0. The van der Waals surface area contributed by atoms with Gasteiger partial charge in [0.1, 0.15) is 30.7 Å². The first kappa shape index (κ1) is 15.6. The molecular formula is C19H30NO4+. The Morgan fingerprint density at radius 1 is 1.17 bits per heavy atom. The summed E-state index contributed by atoms with van der Waals surface area (Å²) >= 11 is 0. The lowest BCUT2D eigenvalue weighted by atomic mass is 9.55. The molecule has 0 amide bonds. The number of epoxide rings is 1. The van der Waals surface area contributed by atoms with Crippen LogP contribution in [0.15, 0.2) is 0 Å². The van der Waals surface area contributed by atoms with Gasteiger partial charge < -0.3 is 19.1 Å². The highest BCUT2D eigenvalue weighted by Crippen LogP contribution is 2.66. The second-order valence-electron chi connectivity index (χ2n) is 9.06. The first-order valence-corrected chi connectivity index (χ1v) is 9.86. The Hall–Kier alpha value is -0.650. The van der Waals surface area contributed by atoms with Gasteiger partial charge in [0.05, 0.1) is 25.4 Å². The molecule has 0 aromatic rings. The van der Waals surface area contributed by atoms with Crippen LogP contribution in [-0.2, 0) is 19.0 Å². The van der Waals surface area contributed by atoms with Crippen molar-refractivity contribution < 1.29 is 23.9 Å². The Balaban J connectivity index is 1.45. The van der Waals surface area contributed by atoms with E-state index >= 15 is 0 Å². The van der Waals surface area contributed by atoms with E-state index in [4.69, 9.17) is 14.2 Å². The van der Waals surface area contributed by atoms with Crippen molar-refractivity contribution in [3.05, 3.63) is 0 Å². The Bertz CT molecular complexity index is 547. The molecule has 2 saturated carbocycles. The van der Waals surface area contributed by atoms with E-state index in [0.29, 0.717) is 17.8 Å². The molecule has 7 atom stereocenters. The number of hydrogen-bond donors (Lipinski definition) is 1. The van der Waals surface area contributed by atoms with E-state index in [1.807, 2.05) is 0 Å². The zero-order chi connectivity index (χ0) is 16.5. The molecule has 3 heterocycles. The predicted molar refractivity (Wildman–Crippen MR) is 86.6 cm³/mol. The molecule has 5 fully saturated rings. The van der Waals surface area contributed by atoms with Crippen LogP contribution in [0.3, 0.4) is 0 Å². The van der Waals surface area contributed by atoms with Crippen LogP contribution in [0.4, 0.5) is 0 Å². The van der Waals surface area contributed by atoms with Gasteiger partial charge in [-0.15, -0.1) is 0 Å². The number of nitrogens with one attached hydrogen (secondary N) is 1. The molecule has 5 aliphatic rings. The van der Waals surface area contributed by atoms with Crippen LogP contribution < -0.4 is 4.90 Å². The van der Waals surface area contributed by atoms with Gasteiger partial charge in [-0.05, 0) is 38.5 Å². The average molecular weight is 336 g/mol. The maximum Gasteiger partial charge on any atom is 0.315 e. The molecule has 5 nitrogen and oxygen atoms in total. The fraction of sp³-hybridized carbons (Fsp3) is 0.947. The Morgan fingerprint density at radius 2 is 1.96 bits per heavy atom. The molecule has 1 spiro atoms. The molecule has 0 unspecified atom stereocenters. The summed E-state index contributed by atoms with van der Waals surface area (Å²) in [6, 6.07) is 0. The van der Waals surface area contributed by atoms with Crippen molar-refractivity contribution in [3.63, 3.8) is 0 Å². The van der Waals surface area contributed by atoms with Crippen LogP contribution in [-0.4, -0.2) is 56.1 Å². The zero-order valence-corrected chi connectivity index (χ0v) is 14.9. The van der Waals surface area contributed by atoms with E-state index < -0.39 is 0 Å². The predicted octanol–water partition coefficient (Wildman–Crippen LogP) is 0.427. The molecule has 0 aromatic heterocycles. The second-order valence-corrected chi connectivity index (χ2v) is 9.06. The Kier molecular flexibility index (Phi) is 3.37. The Labute approximate surface area is 144 Å². The fourth-order valence-electron chi connectivity index (χ4n) is 6.46. The topological polar surface area (TPSA) is 52.5 Å². The first-order valence-electron chi connectivity index (χ1n) is 9.86. The summed E-state index contributed by atoms with van der Waals surface area (Å²) in [6.07, 6.45) is 4.76. The van der Waals surface area contributed by atoms with E-state index in [0.717, 1.165) is 52.1 Å². The Morgan fingerprint density at radius 3 is 2.75 bits per heavy atom. The van der Waals surface area contributed by atoms with Gasteiger partial charge in [0.25, 0.3) is 0 Å². The van der Waals surface area contributed by atoms with Crippen LogP contribution in [0.2, 0.25) is 0 Å². The maximum atomic E-state index is 12.9. The minimum atomic E-state index is -0.321. The number of esters is 1. The van der Waals surface area contributed by atoms with E-state index in [-0.39, 0.29) is 29.2 Å². The number of hydrogen-bond acceptors (Lipinski definition) is 4. The van der Waals surface area contributed by atoms with Gasteiger partial charge in [-0.3, -0.25) is 4.79 Å². The highest BCUT2D eigenvalue weighted by atomic mass is 16.7. The number of fused-ring (bicyclic) bond motifs is 1. The summed E-state index contributed by atoms with van der Waals surface area (Å²) in [7, 11) is 0. The van der Waals surface area contributed by atoms with Crippen LogP contribution in [0.25, 0.3) is 0 Å². The second kappa shape index (κ2) is 5.18. The quantitative estimate of drug-likeness (QED) is 0.587. The van der Waals surface area contributed by atoms with Crippen molar-refractivity contribution in [2.24, 2.45) is 23.7 Å². The van der Waals surface area contributed by atoms with Crippen molar-refractivity contribution in [1.82, 2.24) is 0 Å². The van der Waals surface area contributed by atoms with Gasteiger partial charge in [0.15, 0.2) is 0 Å². The molecule has 5 heteroatoms. The maximum absolute atomic E-state index is 12.9. The number of carbonyl (C=O) groups is 1. The monoisotopic (exact) mass is 336 g/mol. The molecule has 134 valence electrons. The molecule has 0 radical (unpaired) electrons. The summed E-state index contributed by atoms with van der Waals surface area (Å²) in [5.41, 5.74) is -0.356. The number of carbonyl (C=O) groups excluding carboxylic acids is 1. The van der Waals surface area contributed by atoms with E-state index in [2.05, 4.69) is 13.8 Å². The van der Waals surface area contributed by atoms with Gasteiger partial charge in [0, 0.05) is 11.8 Å². The summed E-state index contributed by atoms with van der Waals surface area (Å²) in [6.45, 7) is 9.14. The van der Waals surface area contributed by atoms with E-state index in [9.17, 15) is 4.79 Å². The van der Waals surface area contributed by atoms with E-state index in [1.165, 1.54) is 11.3 Å². The molecule has 3 aliphatic heterocycles. The van der Waals surface area contributed by atoms with Gasteiger partial charge in [-0.25, -0.2) is 0 Å². The number of morpholine rings is 1. The summed E-state index contributed by atoms with van der Waals surface area (Å²) < 4.78 is 17.9. The number of quaternary nitrogens is 1. The molecule has 5 rings (SSSR count). The van der Waals surface area contributed by atoms with Crippen molar-refractivity contribution in [3.8, 4) is 0 Å². The molecule has 3 saturated heterocycles. The van der Waals surface area contributed by atoms with Crippen molar-refractivity contribution in [2.75, 3.05) is 32.8 Å². The van der Waals surface area contributed by atoms with Gasteiger partial charge >= 0.3 is 5.97 Å². The molecule has 24 heavy (non-hydrogen) atoms. The third-order valence-corrected chi connectivity index (χ3v) is 7.80. The van der Waals surface area contributed by atoms with Crippen LogP contribution in [0.5, 0.6) is 0 Å². The fourth-order valence-corrected chi connectivity index (χ4v) is 6.46. The molecule has 2 aliphatic carbocycles. The molecule has 0 aromatic carbocycles. The highest BCUT2D eigenvalue weighted by Gasteiger charge is 2.77. The minimum Gasteiger partial charge on any atom is -0.455 e. The normalized spacial score (nSPS) is 53.8. The molecule has 1 N–H and O–H groups in total. The third-order valence-electron chi connectivity index (χ3n) is 7.80. The third kappa shape index (κ3) is 2.01. The van der Waals surface area contributed by atoms with Crippen LogP contribution in [0.1, 0.15) is 39.5 Å². The highest BCUT2D eigenvalue weighted by molar-refractivity contribution is 5.77.